The van der Waals surface area contributed by atoms with Crippen molar-refractivity contribution in [2.45, 2.75) is 23.0 Å². The van der Waals surface area contributed by atoms with Crippen LogP contribution in [0.1, 0.15) is 12.8 Å². The predicted molar refractivity (Wildman–Crippen MR) is 121 cm³/mol. The molecule has 29 heavy (non-hydrogen) atoms. The fraction of sp³-hybridized carbons (Fsp3) is 0.250. The molecular formula is C20H17Cl3N2O2S2. The van der Waals surface area contributed by atoms with Crippen molar-refractivity contribution in [3.8, 4) is 11.3 Å². The van der Waals surface area contributed by atoms with Crippen molar-refractivity contribution in [2.75, 3.05) is 18.0 Å². The molecule has 0 spiro atoms. The van der Waals surface area contributed by atoms with E-state index in [1.807, 2.05) is 29.6 Å². The van der Waals surface area contributed by atoms with Gasteiger partial charge in [-0.3, -0.25) is 0 Å². The molecule has 1 aliphatic rings. The number of sulfone groups is 1. The van der Waals surface area contributed by atoms with E-state index in [2.05, 4.69) is 4.90 Å². The summed E-state index contributed by atoms with van der Waals surface area (Å²) in [5, 5.41) is 3.68. The minimum Gasteiger partial charge on any atom is -0.348 e. The summed E-state index contributed by atoms with van der Waals surface area (Å²) < 4.78 is 26.1. The molecule has 4 nitrogen and oxygen atoms in total. The standard InChI is InChI=1S/C20H17Cl3N2O2S2/c21-14-3-1-13(2-4-14)18-12-28-20(24-18)25-9-7-16(8-10-25)29(26,27)19-11-15(22)5-6-17(19)23/h1-6,11-12,16H,7-10H2. The van der Waals surface area contributed by atoms with Crippen molar-refractivity contribution in [3.05, 3.63) is 62.9 Å². The Labute approximate surface area is 189 Å². The first-order chi connectivity index (χ1) is 13.8. The van der Waals surface area contributed by atoms with Crippen LogP contribution in [0.25, 0.3) is 11.3 Å². The third kappa shape index (κ3) is 4.42. The number of anilines is 1. The number of hydrogen-bond acceptors (Lipinski definition) is 5. The van der Waals surface area contributed by atoms with Crippen molar-refractivity contribution in [1.29, 1.82) is 0 Å². The second kappa shape index (κ2) is 8.44. The molecule has 0 atom stereocenters. The summed E-state index contributed by atoms with van der Waals surface area (Å²) in [6.07, 6.45) is 1.03. The largest absolute Gasteiger partial charge is 0.348 e. The van der Waals surface area contributed by atoms with Crippen molar-refractivity contribution in [3.63, 3.8) is 0 Å². The zero-order valence-corrected chi connectivity index (χ0v) is 19.1. The number of nitrogens with zero attached hydrogens (tertiary/aromatic N) is 2. The first-order valence-corrected chi connectivity index (χ1v) is 12.6. The van der Waals surface area contributed by atoms with Gasteiger partial charge in [-0.2, -0.15) is 0 Å². The molecule has 2 heterocycles. The highest BCUT2D eigenvalue weighted by atomic mass is 35.5. The number of aromatic nitrogens is 1. The van der Waals surface area contributed by atoms with Crippen LogP contribution >= 0.6 is 46.1 Å². The van der Waals surface area contributed by atoms with Crippen LogP contribution in [0.5, 0.6) is 0 Å². The van der Waals surface area contributed by atoms with Gasteiger partial charge in [-0.15, -0.1) is 11.3 Å². The molecule has 0 unspecified atom stereocenters. The van der Waals surface area contributed by atoms with E-state index in [0.29, 0.717) is 36.0 Å². The van der Waals surface area contributed by atoms with E-state index in [9.17, 15) is 8.42 Å². The maximum Gasteiger partial charge on any atom is 0.185 e. The Morgan fingerprint density at radius 1 is 0.966 bits per heavy atom. The number of rotatable bonds is 4. The topological polar surface area (TPSA) is 50.3 Å². The zero-order valence-electron chi connectivity index (χ0n) is 15.2. The summed E-state index contributed by atoms with van der Waals surface area (Å²) >= 11 is 19.6. The molecule has 0 N–H and O–H groups in total. The van der Waals surface area contributed by atoms with Crippen LogP contribution in [0, 0.1) is 0 Å². The van der Waals surface area contributed by atoms with Gasteiger partial charge in [0.25, 0.3) is 0 Å². The van der Waals surface area contributed by atoms with Crippen LogP contribution in [0.2, 0.25) is 15.1 Å². The molecule has 1 fully saturated rings. The van der Waals surface area contributed by atoms with Gasteiger partial charge >= 0.3 is 0 Å². The van der Waals surface area contributed by atoms with Crippen LogP contribution in [0.3, 0.4) is 0 Å². The summed E-state index contributed by atoms with van der Waals surface area (Å²) in [5.41, 5.74) is 1.90. The van der Waals surface area contributed by atoms with E-state index >= 15 is 0 Å². The number of thiazole rings is 1. The van der Waals surface area contributed by atoms with Crippen molar-refractivity contribution < 1.29 is 8.42 Å². The Bertz CT molecular complexity index is 1120. The van der Waals surface area contributed by atoms with E-state index in [-0.39, 0.29) is 9.92 Å². The highest BCUT2D eigenvalue weighted by Crippen LogP contribution is 2.34. The Hall–Kier alpha value is -1.31. The Kier molecular flexibility index (Phi) is 6.09. The Morgan fingerprint density at radius 3 is 2.31 bits per heavy atom. The van der Waals surface area contributed by atoms with E-state index in [1.54, 1.807) is 17.4 Å². The molecule has 2 aromatic carbocycles. The second-order valence-electron chi connectivity index (χ2n) is 6.83. The van der Waals surface area contributed by atoms with Crippen LogP contribution < -0.4 is 4.90 Å². The number of benzene rings is 2. The van der Waals surface area contributed by atoms with Gasteiger partial charge in [0.2, 0.25) is 0 Å². The van der Waals surface area contributed by atoms with Gasteiger partial charge in [0.15, 0.2) is 15.0 Å². The predicted octanol–water partition coefficient (Wildman–Crippen LogP) is 6.21. The lowest BCUT2D eigenvalue weighted by molar-refractivity contribution is 0.529. The van der Waals surface area contributed by atoms with Gasteiger partial charge in [-0.05, 0) is 43.2 Å². The van der Waals surface area contributed by atoms with Gasteiger partial charge in [0.1, 0.15) is 0 Å². The van der Waals surface area contributed by atoms with E-state index in [0.717, 1.165) is 16.4 Å². The zero-order chi connectivity index (χ0) is 20.6. The molecule has 4 rings (SSSR count). The lowest BCUT2D eigenvalue weighted by Crippen LogP contribution is -2.39. The van der Waals surface area contributed by atoms with Crippen molar-refractivity contribution in [1.82, 2.24) is 4.98 Å². The molecular weight excluding hydrogens is 471 g/mol. The molecule has 1 aromatic heterocycles. The van der Waals surface area contributed by atoms with Crippen LogP contribution in [-0.2, 0) is 9.84 Å². The first-order valence-electron chi connectivity index (χ1n) is 9.00. The lowest BCUT2D eigenvalue weighted by atomic mass is 10.1. The maximum atomic E-state index is 13.0. The maximum absolute atomic E-state index is 13.0. The van der Waals surface area contributed by atoms with Crippen LogP contribution in [-0.4, -0.2) is 31.7 Å². The van der Waals surface area contributed by atoms with E-state index in [4.69, 9.17) is 39.8 Å². The summed E-state index contributed by atoms with van der Waals surface area (Å²) in [7, 11) is -3.54. The fourth-order valence-electron chi connectivity index (χ4n) is 3.39. The first kappa shape index (κ1) is 20.9. The third-order valence-electron chi connectivity index (χ3n) is 4.98. The summed E-state index contributed by atoms with van der Waals surface area (Å²) in [4.78, 5) is 6.97. The van der Waals surface area contributed by atoms with Crippen LogP contribution in [0.15, 0.2) is 52.7 Å². The van der Waals surface area contributed by atoms with Crippen LogP contribution in [0.4, 0.5) is 5.13 Å². The van der Waals surface area contributed by atoms with Gasteiger partial charge in [-0.25, -0.2) is 13.4 Å². The molecule has 9 heteroatoms. The monoisotopic (exact) mass is 486 g/mol. The van der Waals surface area contributed by atoms with E-state index < -0.39 is 15.1 Å². The van der Waals surface area contributed by atoms with Gasteiger partial charge in [-0.1, -0.05) is 46.9 Å². The third-order valence-corrected chi connectivity index (χ3v) is 9.11. The van der Waals surface area contributed by atoms with Gasteiger partial charge < -0.3 is 4.90 Å². The minimum absolute atomic E-state index is 0.115. The molecule has 1 aliphatic heterocycles. The van der Waals surface area contributed by atoms with Gasteiger partial charge in [0.05, 0.1) is 20.9 Å². The second-order valence-corrected chi connectivity index (χ2v) is 11.1. The smallest absolute Gasteiger partial charge is 0.185 e. The SMILES string of the molecule is O=S(=O)(c1cc(Cl)ccc1Cl)C1CCN(c2nc(-c3ccc(Cl)cc3)cs2)CC1. The summed E-state index contributed by atoms with van der Waals surface area (Å²) in [5.74, 6) is 0. The molecule has 0 bridgehead atoms. The molecule has 0 radical (unpaired) electrons. The normalized spacial score (nSPS) is 15.6. The minimum atomic E-state index is -3.54. The quantitative estimate of drug-likeness (QED) is 0.439. The Morgan fingerprint density at radius 2 is 1.62 bits per heavy atom. The molecule has 152 valence electrons. The van der Waals surface area contributed by atoms with Crippen molar-refractivity contribution >= 4 is 61.1 Å². The average Bonchev–Trinajstić information content (AvgIpc) is 3.20. The Balaban J connectivity index is 1.47. The van der Waals surface area contributed by atoms with Crippen molar-refractivity contribution in [2.24, 2.45) is 0 Å². The number of halogens is 3. The van der Waals surface area contributed by atoms with E-state index in [1.165, 1.54) is 12.1 Å². The summed E-state index contributed by atoms with van der Waals surface area (Å²) in [6, 6.07) is 12.1. The molecule has 0 amide bonds. The highest BCUT2D eigenvalue weighted by molar-refractivity contribution is 7.92. The van der Waals surface area contributed by atoms with Gasteiger partial charge in [0, 0.05) is 34.1 Å². The molecule has 1 saturated heterocycles. The highest BCUT2D eigenvalue weighted by Gasteiger charge is 2.33. The fourth-order valence-corrected chi connectivity index (χ4v) is 6.91. The molecule has 3 aromatic rings. The number of piperidine rings is 1. The lowest BCUT2D eigenvalue weighted by Gasteiger charge is -2.31. The average molecular weight is 488 g/mol. The molecule has 0 saturated carbocycles. The summed E-state index contributed by atoms with van der Waals surface area (Å²) in [6.45, 7) is 1.24. The molecule has 0 aliphatic carbocycles. The number of hydrogen-bond donors (Lipinski definition) is 0.